The SMILES string of the molecule is O=c1ccc(-c2ccc(N3CCN(CCO)CC3)c(C(F)(F)F)c2)n[nH]1. The van der Waals surface area contributed by atoms with Gasteiger partial charge in [-0.15, -0.1) is 0 Å². The Kier molecular flexibility index (Phi) is 5.28. The van der Waals surface area contributed by atoms with E-state index in [4.69, 9.17) is 5.11 Å². The Hall–Kier alpha value is -2.39. The minimum atomic E-state index is -4.50. The maximum Gasteiger partial charge on any atom is 0.418 e. The molecule has 2 aromatic rings. The minimum Gasteiger partial charge on any atom is -0.395 e. The van der Waals surface area contributed by atoms with Gasteiger partial charge in [-0.3, -0.25) is 9.69 Å². The molecule has 0 atom stereocenters. The van der Waals surface area contributed by atoms with Crippen molar-refractivity contribution in [2.24, 2.45) is 0 Å². The average molecular weight is 368 g/mol. The fourth-order valence-electron chi connectivity index (χ4n) is 3.06. The van der Waals surface area contributed by atoms with E-state index in [2.05, 4.69) is 10.2 Å². The zero-order valence-corrected chi connectivity index (χ0v) is 14.0. The van der Waals surface area contributed by atoms with Gasteiger partial charge in [0, 0.05) is 50.0 Å². The monoisotopic (exact) mass is 368 g/mol. The molecule has 26 heavy (non-hydrogen) atoms. The third-order valence-electron chi connectivity index (χ3n) is 4.41. The molecular weight excluding hydrogens is 349 g/mol. The van der Waals surface area contributed by atoms with Crippen molar-refractivity contribution < 1.29 is 18.3 Å². The standard InChI is InChI=1S/C17H19F3N4O2/c18-17(19,20)13-11-12(14-2-4-16(26)22-21-14)1-3-15(13)24-7-5-23(6-8-24)9-10-25/h1-4,11,25H,5-10H2,(H,22,26). The number of hydrogen-bond donors (Lipinski definition) is 2. The number of aliphatic hydroxyl groups excluding tert-OH is 1. The first-order valence-corrected chi connectivity index (χ1v) is 8.24. The van der Waals surface area contributed by atoms with Crippen LogP contribution in [0.15, 0.2) is 35.1 Å². The highest BCUT2D eigenvalue weighted by molar-refractivity contribution is 5.67. The number of rotatable bonds is 4. The van der Waals surface area contributed by atoms with Crippen LogP contribution in [0.3, 0.4) is 0 Å². The average Bonchev–Trinajstić information content (AvgIpc) is 2.62. The van der Waals surface area contributed by atoms with Gasteiger partial charge in [-0.25, -0.2) is 5.10 Å². The third kappa shape index (κ3) is 4.05. The summed E-state index contributed by atoms with van der Waals surface area (Å²) in [5, 5.41) is 15.0. The second-order valence-electron chi connectivity index (χ2n) is 6.09. The molecule has 0 radical (unpaired) electrons. The topological polar surface area (TPSA) is 72.5 Å². The molecule has 0 aliphatic carbocycles. The van der Waals surface area contributed by atoms with Crippen LogP contribution in [0.1, 0.15) is 5.56 Å². The predicted octanol–water partition coefficient (Wildman–Crippen LogP) is 1.57. The van der Waals surface area contributed by atoms with E-state index in [1.54, 1.807) is 11.0 Å². The summed E-state index contributed by atoms with van der Waals surface area (Å²) in [6, 6.07) is 6.71. The fourth-order valence-corrected chi connectivity index (χ4v) is 3.06. The second kappa shape index (κ2) is 7.46. The number of piperazine rings is 1. The minimum absolute atomic E-state index is 0.0364. The molecule has 1 saturated heterocycles. The summed E-state index contributed by atoms with van der Waals surface area (Å²) in [6.45, 7) is 2.67. The van der Waals surface area contributed by atoms with Crippen molar-refractivity contribution in [3.63, 3.8) is 0 Å². The normalized spacial score (nSPS) is 16.1. The summed E-state index contributed by atoms with van der Waals surface area (Å²) in [5.74, 6) is 0. The number of anilines is 1. The molecule has 1 aliphatic heterocycles. The van der Waals surface area contributed by atoms with Crippen molar-refractivity contribution in [2.45, 2.75) is 6.18 Å². The number of nitrogens with zero attached hydrogens (tertiary/aromatic N) is 3. The van der Waals surface area contributed by atoms with Gasteiger partial charge in [0.25, 0.3) is 5.56 Å². The molecule has 140 valence electrons. The molecule has 9 heteroatoms. The number of β-amino-alcohol motifs (C(OH)–C–C–N with tert-alkyl or cyclic N) is 1. The van der Waals surface area contributed by atoms with Crippen LogP contribution in [-0.2, 0) is 6.18 Å². The predicted molar refractivity (Wildman–Crippen MR) is 91.0 cm³/mol. The smallest absolute Gasteiger partial charge is 0.395 e. The van der Waals surface area contributed by atoms with Crippen LogP contribution in [0.2, 0.25) is 0 Å². The Morgan fingerprint density at radius 3 is 2.42 bits per heavy atom. The first-order valence-electron chi connectivity index (χ1n) is 8.24. The van der Waals surface area contributed by atoms with Gasteiger partial charge >= 0.3 is 6.18 Å². The van der Waals surface area contributed by atoms with Crippen molar-refractivity contribution in [3.05, 3.63) is 46.2 Å². The van der Waals surface area contributed by atoms with Crippen LogP contribution in [0.25, 0.3) is 11.3 Å². The molecule has 0 saturated carbocycles. The number of hydrogen-bond acceptors (Lipinski definition) is 5. The van der Waals surface area contributed by atoms with E-state index in [9.17, 15) is 18.0 Å². The van der Waals surface area contributed by atoms with Crippen LogP contribution in [0, 0.1) is 0 Å². The number of halogens is 3. The summed E-state index contributed by atoms with van der Waals surface area (Å²) in [6.07, 6.45) is -4.50. The molecule has 1 aromatic carbocycles. The third-order valence-corrected chi connectivity index (χ3v) is 4.41. The number of nitrogens with one attached hydrogen (secondary N) is 1. The highest BCUT2D eigenvalue weighted by Crippen LogP contribution is 2.39. The second-order valence-corrected chi connectivity index (χ2v) is 6.09. The van der Waals surface area contributed by atoms with Gasteiger partial charge < -0.3 is 10.0 Å². The largest absolute Gasteiger partial charge is 0.418 e. The molecule has 1 aliphatic rings. The van der Waals surface area contributed by atoms with E-state index in [-0.39, 0.29) is 23.6 Å². The van der Waals surface area contributed by atoms with Crippen LogP contribution in [0.4, 0.5) is 18.9 Å². The number of alkyl halides is 3. The molecule has 1 fully saturated rings. The van der Waals surface area contributed by atoms with Gasteiger partial charge in [-0.2, -0.15) is 18.3 Å². The molecular formula is C17H19F3N4O2. The molecule has 2 N–H and O–H groups in total. The molecule has 1 aromatic heterocycles. The van der Waals surface area contributed by atoms with Gasteiger partial charge in [-0.1, -0.05) is 6.07 Å². The van der Waals surface area contributed by atoms with Crippen molar-refractivity contribution in [2.75, 3.05) is 44.2 Å². The van der Waals surface area contributed by atoms with E-state index in [1.807, 2.05) is 4.90 Å². The van der Waals surface area contributed by atoms with E-state index >= 15 is 0 Å². The molecule has 3 rings (SSSR count). The zero-order valence-electron chi connectivity index (χ0n) is 14.0. The highest BCUT2D eigenvalue weighted by Gasteiger charge is 2.36. The van der Waals surface area contributed by atoms with Gasteiger partial charge in [0.1, 0.15) is 0 Å². The lowest BCUT2D eigenvalue weighted by atomic mass is 10.0. The van der Waals surface area contributed by atoms with E-state index < -0.39 is 17.3 Å². The first kappa shape index (κ1) is 18.4. The number of aliphatic hydroxyl groups is 1. The van der Waals surface area contributed by atoms with Crippen molar-refractivity contribution >= 4 is 5.69 Å². The highest BCUT2D eigenvalue weighted by atomic mass is 19.4. The number of aromatic amines is 1. The van der Waals surface area contributed by atoms with E-state index in [1.165, 1.54) is 18.2 Å². The van der Waals surface area contributed by atoms with Gasteiger partial charge in [0.05, 0.1) is 17.9 Å². The lowest BCUT2D eigenvalue weighted by Gasteiger charge is -2.37. The zero-order chi connectivity index (χ0) is 18.7. The van der Waals surface area contributed by atoms with E-state index in [0.29, 0.717) is 32.7 Å². The summed E-state index contributed by atoms with van der Waals surface area (Å²) < 4.78 is 40.8. The number of aromatic nitrogens is 2. The number of H-pyrrole nitrogens is 1. The van der Waals surface area contributed by atoms with Crippen LogP contribution in [-0.4, -0.2) is 59.5 Å². The summed E-state index contributed by atoms with van der Waals surface area (Å²) in [7, 11) is 0. The molecule has 0 bridgehead atoms. The maximum absolute atomic E-state index is 13.6. The lowest BCUT2D eigenvalue weighted by molar-refractivity contribution is -0.137. The Morgan fingerprint density at radius 1 is 1.12 bits per heavy atom. The van der Waals surface area contributed by atoms with Crippen molar-refractivity contribution in [1.82, 2.24) is 15.1 Å². The Morgan fingerprint density at radius 2 is 1.85 bits per heavy atom. The Bertz CT molecular complexity index is 794. The number of benzene rings is 1. The molecule has 0 amide bonds. The van der Waals surface area contributed by atoms with Crippen LogP contribution < -0.4 is 10.5 Å². The fraction of sp³-hybridized carbons (Fsp3) is 0.412. The molecule has 0 spiro atoms. The van der Waals surface area contributed by atoms with Gasteiger partial charge in [0.2, 0.25) is 0 Å². The quantitative estimate of drug-likeness (QED) is 0.857. The summed E-state index contributed by atoms with van der Waals surface area (Å²) in [4.78, 5) is 14.8. The van der Waals surface area contributed by atoms with Gasteiger partial charge in [-0.05, 0) is 18.2 Å². The van der Waals surface area contributed by atoms with Crippen LogP contribution >= 0.6 is 0 Å². The molecule has 0 unspecified atom stereocenters. The first-order chi connectivity index (χ1) is 12.4. The summed E-state index contributed by atoms with van der Waals surface area (Å²) in [5.41, 5.74) is -0.444. The maximum atomic E-state index is 13.6. The lowest BCUT2D eigenvalue weighted by Crippen LogP contribution is -2.47. The molecule has 2 heterocycles. The summed E-state index contributed by atoms with van der Waals surface area (Å²) >= 11 is 0. The Labute approximate surface area is 147 Å². The Balaban J connectivity index is 1.91. The van der Waals surface area contributed by atoms with E-state index in [0.717, 1.165) is 6.07 Å². The van der Waals surface area contributed by atoms with Crippen LogP contribution in [0.5, 0.6) is 0 Å². The van der Waals surface area contributed by atoms with Crippen molar-refractivity contribution in [3.8, 4) is 11.3 Å². The van der Waals surface area contributed by atoms with Crippen molar-refractivity contribution in [1.29, 1.82) is 0 Å². The van der Waals surface area contributed by atoms with Gasteiger partial charge in [0.15, 0.2) is 0 Å². The molecule has 6 nitrogen and oxygen atoms in total.